The highest BCUT2D eigenvalue weighted by molar-refractivity contribution is 7.86. The molecule has 4 heterocycles. The molecule has 6 rings (SSSR count). The summed E-state index contributed by atoms with van der Waals surface area (Å²) in [5.74, 6) is 0.887. The zero-order valence-corrected chi connectivity index (χ0v) is 26.9. The molecule has 45 heavy (non-hydrogen) atoms. The summed E-state index contributed by atoms with van der Waals surface area (Å²) >= 11 is 0. The van der Waals surface area contributed by atoms with Crippen LogP contribution in [0.15, 0.2) is 42.5 Å². The molecular formula is C32H43N5O7S. The molecule has 2 amide bonds. The van der Waals surface area contributed by atoms with Crippen molar-refractivity contribution in [3.05, 3.63) is 53.6 Å². The van der Waals surface area contributed by atoms with Crippen molar-refractivity contribution in [1.82, 2.24) is 18.4 Å². The molecule has 0 unspecified atom stereocenters. The zero-order valence-electron chi connectivity index (χ0n) is 26.1. The van der Waals surface area contributed by atoms with Gasteiger partial charge in [-0.05, 0) is 50.4 Å². The number of cyclic esters (lactones) is 1. The Kier molecular flexibility index (Phi) is 9.50. The average Bonchev–Trinajstić information content (AvgIpc) is 3.08. The number of rotatable bonds is 8. The van der Waals surface area contributed by atoms with E-state index >= 15 is 0 Å². The van der Waals surface area contributed by atoms with Crippen LogP contribution in [0.3, 0.4) is 0 Å². The lowest BCUT2D eigenvalue weighted by Crippen LogP contribution is -2.54. The Morgan fingerprint density at radius 2 is 1.60 bits per heavy atom. The molecule has 0 aliphatic carbocycles. The highest BCUT2D eigenvalue weighted by Crippen LogP contribution is 2.33. The number of hydrogen-bond acceptors (Lipinski definition) is 8. The van der Waals surface area contributed by atoms with Crippen molar-refractivity contribution in [2.75, 3.05) is 70.9 Å². The van der Waals surface area contributed by atoms with Gasteiger partial charge in [-0.15, -0.1) is 0 Å². The molecule has 4 aliphatic heterocycles. The van der Waals surface area contributed by atoms with Gasteiger partial charge in [0.2, 0.25) is 0 Å². The zero-order chi connectivity index (χ0) is 31.6. The Balaban J connectivity index is 1.03. The summed E-state index contributed by atoms with van der Waals surface area (Å²) in [6.45, 7) is 7.71. The molecular weight excluding hydrogens is 598 g/mol. The van der Waals surface area contributed by atoms with E-state index in [4.69, 9.17) is 14.2 Å². The van der Waals surface area contributed by atoms with E-state index in [-0.39, 0.29) is 30.8 Å². The normalized spacial score (nSPS) is 21.3. The second-order valence-corrected chi connectivity index (χ2v) is 13.9. The maximum absolute atomic E-state index is 13.6. The molecule has 0 spiro atoms. The van der Waals surface area contributed by atoms with Crippen LogP contribution >= 0.6 is 0 Å². The second kappa shape index (κ2) is 13.5. The number of piperidine rings is 2. The van der Waals surface area contributed by atoms with Crippen LogP contribution in [0.25, 0.3) is 0 Å². The standard InChI is InChI=1S/C32H43N5O7S/c1-3-33-18-20-36(21-19-33)45(40,41)35-16-12-26(13-17-35)44-27-8-9-28(30(22-27)42-2)31(38)34-14-10-25(11-15-34)37-29-7-5-4-6-24(29)23-43-32(37)39/h4-9,22,25-26H,3,10-21,23H2,1-2H3. The van der Waals surface area contributed by atoms with E-state index in [0.717, 1.165) is 30.9 Å². The lowest BCUT2D eigenvalue weighted by molar-refractivity contribution is 0.0705. The lowest BCUT2D eigenvalue weighted by atomic mass is 10.00. The average molecular weight is 642 g/mol. The third-order valence-electron chi connectivity index (χ3n) is 9.45. The number of fused-ring (bicyclic) bond motifs is 1. The number of carbonyl (C=O) groups is 2. The Labute approximate surface area is 265 Å². The van der Waals surface area contributed by atoms with Crippen LogP contribution in [-0.2, 0) is 21.6 Å². The Hall–Kier alpha value is -3.39. The van der Waals surface area contributed by atoms with Crippen LogP contribution in [0.4, 0.5) is 10.5 Å². The highest BCUT2D eigenvalue weighted by Gasteiger charge is 2.37. The minimum absolute atomic E-state index is 0.0478. The van der Waals surface area contributed by atoms with Crippen LogP contribution in [0.5, 0.6) is 11.5 Å². The summed E-state index contributed by atoms with van der Waals surface area (Å²) in [5.41, 5.74) is 2.32. The van der Waals surface area contributed by atoms with Gasteiger partial charge in [-0.1, -0.05) is 25.1 Å². The molecule has 2 aromatic rings. The second-order valence-electron chi connectivity index (χ2n) is 12.0. The van der Waals surface area contributed by atoms with E-state index < -0.39 is 10.2 Å². The number of anilines is 1. The van der Waals surface area contributed by atoms with Crippen molar-refractivity contribution in [3.8, 4) is 11.5 Å². The number of piperazine rings is 1. The van der Waals surface area contributed by atoms with Crippen LogP contribution in [0.2, 0.25) is 0 Å². The van der Waals surface area contributed by atoms with Crippen LogP contribution in [0, 0.1) is 0 Å². The van der Waals surface area contributed by atoms with Crippen LogP contribution in [-0.4, -0.2) is 117 Å². The van der Waals surface area contributed by atoms with Crippen molar-refractivity contribution in [3.63, 3.8) is 0 Å². The first-order chi connectivity index (χ1) is 21.8. The Morgan fingerprint density at radius 1 is 0.911 bits per heavy atom. The van der Waals surface area contributed by atoms with E-state index in [1.54, 1.807) is 36.6 Å². The Bertz CT molecular complexity index is 1480. The molecule has 0 aromatic heterocycles. The number of nitrogens with zero attached hydrogens (tertiary/aromatic N) is 5. The summed E-state index contributed by atoms with van der Waals surface area (Å²) in [4.78, 5) is 32.0. The summed E-state index contributed by atoms with van der Waals surface area (Å²) in [6.07, 6.45) is 1.98. The first-order valence-electron chi connectivity index (χ1n) is 15.9. The van der Waals surface area contributed by atoms with Gasteiger partial charge in [0.05, 0.1) is 18.4 Å². The molecule has 13 heteroatoms. The first-order valence-corrected chi connectivity index (χ1v) is 17.3. The van der Waals surface area contributed by atoms with Gasteiger partial charge < -0.3 is 24.0 Å². The fourth-order valence-electron chi connectivity index (χ4n) is 6.75. The van der Waals surface area contributed by atoms with Crippen LogP contribution < -0.4 is 14.4 Å². The molecule has 0 bridgehead atoms. The molecule has 3 saturated heterocycles. The predicted octanol–water partition coefficient (Wildman–Crippen LogP) is 3.18. The summed E-state index contributed by atoms with van der Waals surface area (Å²) < 4.78 is 46.8. The number of likely N-dealkylation sites (tertiary alicyclic amines) is 1. The fraction of sp³-hybridized carbons (Fsp3) is 0.562. The predicted molar refractivity (Wildman–Crippen MR) is 169 cm³/mol. The van der Waals surface area contributed by atoms with E-state index in [1.165, 1.54) is 7.11 Å². The van der Waals surface area contributed by atoms with Gasteiger partial charge in [0.15, 0.2) is 0 Å². The van der Waals surface area contributed by atoms with Crippen molar-refractivity contribution in [2.45, 2.75) is 51.4 Å². The number of para-hydroxylation sites is 1. The van der Waals surface area contributed by atoms with Gasteiger partial charge in [-0.3, -0.25) is 9.69 Å². The maximum atomic E-state index is 13.6. The van der Waals surface area contributed by atoms with Gasteiger partial charge in [-0.2, -0.15) is 17.0 Å². The number of carbonyl (C=O) groups excluding carboxylic acids is 2. The molecule has 0 N–H and O–H groups in total. The van der Waals surface area contributed by atoms with Crippen molar-refractivity contribution >= 4 is 27.9 Å². The van der Waals surface area contributed by atoms with Crippen LogP contribution in [0.1, 0.15) is 48.5 Å². The largest absolute Gasteiger partial charge is 0.496 e. The topological polar surface area (TPSA) is 112 Å². The van der Waals surface area contributed by atoms with Gasteiger partial charge in [-0.25, -0.2) is 4.79 Å². The third-order valence-corrected chi connectivity index (χ3v) is 11.5. The molecule has 12 nitrogen and oxygen atoms in total. The first kappa shape index (κ1) is 31.6. The van der Waals surface area contributed by atoms with Crippen molar-refractivity contribution < 1.29 is 32.2 Å². The fourth-order valence-corrected chi connectivity index (χ4v) is 8.38. The maximum Gasteiger partial charge on any atom is 0.414 e. The summed E-state index contributed by atoms with van der Waals surface area (Å²) in [7, 11) is -1.95. The number of likely N-dealkylation sites (N-methyl/N-ethyl adjacent to an activating group) is 1. The number of benzene rings is 2. The smallest absolute Gasteiger partial charge is 0.414 e. The van der Waals surface area contributed by atoms with E-state index in [1.807, 2.05) is 24.3 Å². The third kappa shape index (κ3) is 6.62. The monoisotopic (exact) mass is 641 g/mol. The summed E-state index contributed by atoms with van der Waals surface area (Å²) in [6, 6.07) is 13.0. The number of hydrogen-bond donors (Lipinski definition) is 0. The van der Waals surface area contributed by atoms with Gasteiger partial charge in [0.1, 0.15) is 24.2 Å². The molecule has 0 radical (unpaired) electrons. The van der Waals surface area contributed by atoms with Crippen molar-refractivity contribution in [2.24, 2.45) is 0 Å². The SMILES string of the molecule is CCN1CCN(S(=O)(=O)N2CCC(Oc3ccc(C(=O)N4CCC(N5C(=O)OCc6ccccc65)CC4)c(OC)c3)CC2)CC1. The van der Waals surface area contributed by atoms with E-state index in [2.05, 4.69) is 11.8 Å². The van der Waals surface area contributed by atoms with E-state index in [9.17, 15) is 18.0 Å². The molecule has 0 atom stereocenters. The van der Waals surface area contributed by atoms with E-state index in [0.29, 0.717) is 82.0 Å². The van der Waals surface area contributed by atoms with Crippen molar-refractivity contribution in [1.29, 1.82) is 0 Å². The van der Waals surface area contributed by atoms with Gasteiger partial charge in [0.25, 0.3) is 16.1 Å². The minimum Gasteiger partial charge on any atom is -0.496 e. The van der Waals surface area contributed by atoms with Gasteiger partial charge >= 0.3 is 6.09 Å². The molecule has 3 fully saturated rings. The molecule has 0 saturated carbocycles. The highest BCUT2D eigenvalue weighted by atomic mass is 32.2. The lowest BCUT2D eigenvalue weighted by Gasteiger charge is -2.40. The summed E-state index contributed by atoms with van der Waals surface area (Å²) in [5, 5.41) is 0. The molecule has 4 aliphatic rings. The Morgan fingerprint density at radius 3 is 2.29 bits per heavy atom. The quantitative estimate of drug-likeness (QED) is 0.432. The number of methoxy groups -OCH3 is 1. The molecule has 244 valence electrons. The minimum atomic E-state index is -3.48. The number of ether oxygens (including phenoxy) is 3. The number of amides is 2. The molecule has 2 aromatic carbocycles. The van der Waals surface area contributed by atoms with Gasteiger partial charge in [0, 0.05) is 70.0 Å².